The SMILES string of the molecule is Cc1ccc([N+](=O)[O-])cc1NC(=O)c1ccc(Cl)c(NC(=O)c2cccs2)c1. The van der Waals surface area contributed by atoms with E-state index < -0.39 is 10.8 Å². The molecule has 0 saturated carbocycles. The Morgan fingerprint density at radius 2 is 1.79 bits per heavy atom. The third-order valence-corrected chi connectivity index (χ3v) is 5.10. The van der Waals surface area contributed by atoms with Gasteiger partial charge in [0, 0.05) is 17.7 Å². The number of hydrogen-bond donors (Lipinski definition) is 2. The number of benzene rings is 2. The van der Waals surface area contributed by atoms with Crippen molar-refractivity contribution in [3.05, 3.63) is 85.1 Å². The van der Waals surface area contributed by atoms with Crippen LogP contribution in [0.4, 0.5) is 17.1 Å². The third-order valence-electron chi connectivity index (χ3n) is 3.90. The molecule has 1 heterocycles. The molecule has 7 nitrogen and oxygen atoms in total. The normalized spacial score (nSPS) is 10.4. The van der Waals surface area contributed by atoms with Crippen molar-refractivity contribution in [2.24, 2.45) is 0 Å². The summed E-state index contributed by atoms with van der Waals surface area (Å²) in [5, 5.41) is 18.3. The van der Waals surface area contributed by atoms with E-state index in [1.807, 2.05) is 0 Å². The van der Waals surface area contributed by atoms with Crippen molar-refractivity contribution in [2.45, 2.75) is 6.92 Å². The third kappa shape index (κ3) is 4.36. The fourth-order valence-electron chi connectivity index (χ4n) is 2.41. The van der Waals surface area contributed by atoms with Crippen LogP contribution in [0.5, 0.6) is 0 Å². The van der Waals surface area contributed by atoms with Crippen LogP contribution in [0.1, 0.15) is 25.6 Å². The van der Waals surface area contributed by atoms with Crippen LogP contribution in [-0.4, -0.2) is 16.7 Å². The van der Waals surface area contributed by atoms with Crippen molar-refractivity contribution in [1.29, 1.82) is 0 Å². The quantitative estimate of drug-likeness (QED) is 0.445. The van der Waals surface area contributed by atoms with Crippen LogP contribution in [0.25, 0.3) is 0 Å². The number of carbonyl (C=O) groups excluding carboxylic acids is 2. The van der Waals surface area contributed by atoms with E-state index >= 15 is 0 Å². The highest BCUT2D eigenvalue weighted by atomic mass is 35.5. The molecule has 0 aliphatic heterocycles. The van der Waals surface area contributed by atoms with Gasteiger partial charge in [-0.1, -0.05) is 23.7 Å². The summed E-state index contributed by atoms with van der Waals surface area (Å²) < 4.78 is 0. The average molecular weight is 416 g/mol. The van der Waals surface area contributed by atoms with Crippen molar-refractivity contribution in [3.63, 3.8) is 0 Å². The van der Waals surface area contributed by atoms with Gasteiger partial charge in [-0.3, -0.25) is 19.7 Å². The average Bonchev–Trinajstić information content (AvgIpc) is 3.20. The van der Waals surface area contributed by atoms with Crippen LogP contribution in [0.15, 0.2) is 53.9 Å². The molecule has 0 aliphatic carbocycles. The zero-order valence-electron chi connectivity index (χ0n) is 14.6. The predicted molar refractivity (Wildman–Crippen MR) is 110 cm³/mol. The molecule has 0 saturated heterocycles. The molecule has 0 spiro atoms. The van der Waals surface area contributed by atoms with Crippen LogP contribution >= 0.6 is 22.9 Å². The van der Waals surface area contributed by atoms with Gasteiger partial charge in [-0.15, -0.1) is 11.3 Å². The number of nitro benzene ring substituents is 1. The van der Waals surface area contributed by atoms with E-state index in [0.717, 1.165) is 0 Å². The molecule has 0 atom stereocenters. The van der Waals surface area contributed by atoms with Crippen molar-refractivity contribution in [3.8, 4) is 0 Å². The van der Waals surface area contributed by atoms with Crippen LogP contribution in [0.2, 0.25) is 5.02 Å². The molecule has 1 aromatic heterocycles. The summed E-state index contributed by atoms with van der Waals surface area (Å²) in [4.78, 5) is 35.7. The number of carbonyl (C=O) groups is 2. The smallest absolute Gasteiger partial charge is 0.271 e. The second kappa shape index (κ2) is 8.20. The summed E-state index contributed by atoms with van der Waals surface area (Å²) in [6, 6.07) is 12.1. The minimum absolute atomic E-state index is 0.124. The number of amides is 2. The first-order chi connectivity index (χ1) is 13.3. The lowest BCUT2D eigenvalue weighted by Gasteiger charge is -2.11. The Balaban J connectivity index is 1.82. The topological polar surface area (TPSA) is 101 Å². The number of nitro groups is 1. The lowest BCUT2D eigenvalue weighted by molar-refractivity contribution is -0.384. The first-order valence-electron chi connectivity index (χ1n) is 8.06. The molecule has 3 aromatic rings. The van der Waals surface area contributed by atoms with E-state index in [9.17, 15) is 19.7 Å². The minimum atomic E-state index is -0.532. The molecule has 0 aliphatic rings. The Bertz CT molecular complexity index is 1070. The molecular weight excluding hydrogens is 402 g/mol. The number of rotatable bonds is 5. The summed E-state index contributed by atoms with van der Waals surface area (Å²) in [6.45, 7) is 1.73. The van der Waals surface area contributed by atoms with Gasteiger partial charge in [0.15, 0.2) is 0 Å². The van der Waals surface area contributed by atoms with Gasteiger partial charge in [0.2, 0.25) is 0 Å². The number of thiophene rings is 1. The van der Waals surface area contributed by atoms with Crippen molar-refractivity contribution in [2.75, 3.05) is 10.6 Å². The van der Waals surface area contributed by atoms with Gasteiger partial charge in [0.25, 0.3) is 17.5 Å². The molecule has 9 heteroatoms. The highest BCUT2D eigenvalue weighted by molar-refractivity contribution is 7.12. The summed E-state index contributed by atoms with van der Waals surface area (Å²) in [5.41, 5.74) is 1.43. The van der Waals surface area contributed by atoms with Crippen molar-refractivity contribution in [1.82, 2.24) is 0 Å². The Morgan fingerprint density at radius 1 is 1.04 bits per heavy atom. The number of nitrogens with one attached hydrogen (secondary N) is 2. The molecule has 28 heavy (non-hydrogen) atoms. The summed E-state index contributed by atoms with van der Waals surface area (Å²) in [7, 11) is 0. The van der Waals surface area contributed by atoms with E-state index in [2.05, 4.69) is 10.6 Å². The Hall–Kier alpha value is -3.23. The molecule has 2 aromatic carbocycles. The number of nitrogens with zero attached hydrogens (tertiary/aromatic N) is 1. The minimum Gasteiger partial charge on any atom is -0.321 e. The zero-order valence-corrected chi connectivity index (χ0v) is 16.1. The Labute approximate surface area is 169 Å². The Kier molecular flexibility index (Phi) is 5.72. The fourth-order valence-corrected chi connectivity index (χ4v) is 3.19. The highest BCUT2D eigenvalue weighted by Gasteiger charge is 2.15. The van der Waals surface area contributed by atoms with Gasteiger partial charge in [-0.25, -0.2) is 0 Å². The summed E-state index contributed by atoms with van der Waals surface area (Å²) in [5.74, 6) is -0.809. The summed E-state index contributed by atoms with van der Waals surface area (Å²) >= 11 is 7.41. The largest absolute Gasteiger partial charge is 0.321 e. The lowest BCUT2D eigenvalue weighted by Crippen LogP contribution is -2.15. The maximum atomic E-state index is 12.6. The van der Waals surface area contributed by atoms with Crippen molar-refractivity contribution >= 4 is 51.8 Å². The molecule has 3 rings (SSSR count). The molecular formula is C19H14ClN3O4S. The maximum absolute atomic E-state index is 12.6. The Morgan fingerprint density at radius 3 is 2.46 bits per heavy atom. The second-order valence-corrected chi connectivity index (χ2v) is 7.19. The molecule has 0 unspecified atom stereocenters. The summed E-state index contributed by atoms with van der Waals surface area (Å²) in [6.07, 6.45) is 0. The molecule has 142 valence electrons. The number of hydrogen-bond acceptors (Lipinski definition) is 5. The van der Waals surface area contributed by atoms with Gasteiger partial charge in [-0.2, -0.15) is 0 Å². The van der Waals surface area contributed by atoms with Crippen LogP contribution in [0, 0.1) is 17.0 Å². The first-order valence-corrected chi connectivity index (χ1v) is 9.31. The van der Waals surface area contributed by atoms with Gasteiger partial charge in [0.05, 0.1) is 26.2 Å². The van der Waals surface area contributed by atoms with Crippen LogP contribution in [-0.2, 0) is 0 Å². The molecule has 0 fully saturated rings. The van der Waals surface area contributed by atoms with Gasteiger partial charge < -0.3 is 10.6 Å². The van der Waals surface area contributed by atoms with E-state index in [0.29, 0.717) is 21.8 Å². The highest BCUT2D eigenvalue weighted by Crippen LogP contribution is 2.26. The number of halogens is 1. The molecule has 2 N–H and O–H groups in total. The molecule has 0 radical (unpaired) electrons. The number of anilines is 2. The molecule has 2 amide bonds. The lowest BCUT2D eigenvalue weighted by atomic mass is 10.1. The van der Waals surface area contributed by atoms with Crippen LogP contribution in [0.3, 0.4) is 0 Å². The first kappa shape index (κ1) is 19.5. The predicted octanol–water partition coefficient (Wildman–Crippen LogP) is 5.12. The van der Waals surface area contributed by atoms with E-state index in [-0.39, 0.29) is 22.2 Å². The molecule has 0 bridgehead atoms. The second-order valence-electron chi connectivity index (χ2n) is 5.84. The monoisotopic (exact) mass is 415 g/mol. The van der Waals surface area contributed by atoms with E-state index in [1.165, 1.54) is 41.7 Å². The van der Waals surface area contributed by atoms with Gasteiger partial charge >= 0.3 is 0 Å². The maximum Gasteiger partial charge on any atom is 0.271 e. The van der Waals surface area contributed by atoms with Crippen LogP contribution < -0.4 is 10.6 Å². The van der Waals surface area contributed by atoms with E-state index in [1.54, 1.807) is 30.5 Å². The van der Waals surface area contributed by atoms with Crippen molar-refractivity contribution < 1.29 is 14.5 Å². The van der Waals surface area contributed by atoms with Gasteiger partial charge in [-0.05, 0) is 42.1 Å². The van der Waals surface area contributed by atoms with E-state index in [4.69, 9.17) is 11.6 Å². The fraction of sp³-hybridized carbons (Fsp3) is 0.0526. The standard InChI is InChI=1S/C19H14ClN3O4S/c1-11-4-6-13(23(26)27)10-15(11)21-18(24)12-5-7-14(20)16(9-12)22-19(25)17-3-2-8-28-17/h2-10H,1H3,(H,21,24)(H,22,25). The number of non-ortho nitro benzene ring substituents is 1. The zero-order chi connectivity index (χ0) is 20.3. The number of aryl methyl sites for hydroxylation is 1. The van der Waals surface area contributed by atoms with Gasteiger partial charge in [0.1, 0.15) is 0 Å².